The van der Waals surface area contributed by atoms with Crippen LogP contribution in [0.15, 0.2) is 18.5 Å². The van der Waals surface area contributed by atoms with Crippen molar-refractivity contribution >= 4 is 17.8 Å². The van der Waals surface area contributed by atoms with Crippen molar-refractivity contribution in [2.75, 3.05) is 51.6 Å². The molecule has 8 nitrogen and oxygen atoms in total. The van der Waals surface area contributed by atoms with Gasteiger partial charge in [0.1, 0.15) is 0 Å². The molecule has 1 fully saturated rings. The van der Waals surface area contributed by atoms with E-state index in [4.69, 9.17) is 0 Å². The van der Waals surface area contributed by atoms with Crippen LogP contribution in [0.2, 0.25) is 0 Å². The van der Waals surface area contributed by atoms with Gasteiger partial charge in [-0.2, -0.15) is 0 Å². The lowest BCUT2D eigenvalue weighted by molar-refractivity contribution is -0.133. The first-order chi connectivity index (χ1) is 10.1. The number of aromatic nitrogens is 2. The summed E-state index contributed by atoms with van der Waals surface area (Å²) < 4.78 is 0. The van der Waals surface area contributed by atoms with E-state index in [0.717, 1.165) is 26.2 Å². The molecule has 2 amide bonds. The van der Waals surface area contributed by atoms with Gasteiger partial charge in [-0.15, -0.1) is 0 Å². The zero-order valence-corrected chi connectivity index (χ0v) is 12.1. The summed E-state index contributed by atoms with van der Waals surface area (Å²) in [5.74, 6) is 0.0731. The van der Waals surface area contributed by atoms with Gasteiger partial charge in [-0.1, -0.05) is 0 Å². The van der Waals surface area contributed by atoms with Crippen molar-refractivity contribution in [3.05, 3.63) is 18.5 Å². The van der Waals surface area contributed by atoms with E-state index in [1.807, 2.05) is 4.90 Å². The normalized spacial score (nSPS) is 15.0. The van der Waals surface area contributed by atoms with Crippen LogP contribution in [0.5, 0.6) is 0 Å². The number of hydrogen-bond acceptors (Lipinski definition) is 6. The Morgan fingerprint density at radius 2 is 1.95 bits per heavy atom. The Morgan fingerprint density at radius 1 is 1.29 bits per heavy atom. The zero-order chi connectivity index (χ0) is 15.1. The molecule has 1 aliphatic heterocycles. The fourth-order valence-corrected chi connectivity index (χ4v) is 2.07. The smallest absolute Gasteiger partial charge is 0.240 e. The highest BCUT2D eigenvalue weighted by Gasteiger charge is 2.18. The monoisotopic (exact) mass is 292 g/mol. The molecule has 0 saturated carbocycles. The van der Waals surface area contributed by atoms with E-state index < -0.39 is 0 Å². The molecule has 0 aromatic carbocycles. The van der Waals surface area contributed by atoms with E-state index in [2.05, 4.69) is 20.6 Å². The van der Waals surface area contributed by atoms with Gasteiger partial charge in [-0.3, -0.25) is 19.8 Å². The Hall–Kier alpha value is -2.06. The van der Waals surface area contributed by atoms with Crippen molar-refractivity contribution in [2.45, 2.75) is 0 Å². The number of nitrogens with zero attached hydrogens (tertiary/aromatic N) is 4. The molecule has 2 heterocycles. The van der Waals surface area contributed by atoms with Crippen molar-refractivity contribution in [1.82, 2.24) is 25.1 Å². The average molecular weight is 292 g/mol. The van der Waals surface area contributed by atoms with Crippen molar-refractivity contribution in [3.63, 3.8) is 0 Å². The Kier molecular flexibility index (Phi) is 5.59. The first-order valence-corrected chi connectivity index (χ1v) is 6.89. The lowest BCUT2D eigenvalue weighted by Crippen LogP contribution is -2.49. The van der Waals surface area contributed by atoms with E-state index in [1.54, 1.807) is 30.4 Å². The van der Waals surface area contributed by atoms with Crippen LogP contribution in [0.3, 0.4) is 0 Å². The largest absolute Gasteiger partial charge is 0.339 e. The summed E-state index contributed by atoms with van der Waals surface area (Å²) in [5.41, 5.74) is 0. The van der Waals surface area contributed by atoms with E-state index in [9.17, 15) is 9.59 Å². The molecule has 0 spiro atoms. The van der Waals surface area contributed by atoms with Crippen molar-refractivity contribution in [3.8, 4) is 0 Å². The highest BCUT2D eigenvalue weighted by atomic mass is 16.2. The Labute approximate surface area is 123 Å². The maximum absolute atomic E-state index is 12.0. The number of anilines is 1. The van der Waals surface area contributed by atoms with Crippen LogP contribution in [-0.2, 0) is 9.59 Å². The molecule has 2 rings (SSSR count). The maximum atomic E-state index is 12.0. The number of nitrogens with one attached hydrogen (secondary N) is 2. The predicted molar refractivity (Wildman–Crippen MR) is 77.6 cm³/mol. The standard InChI is InChI=1S/C13H20N6O2/c1-18(10-12(21)19-7-5-14-6-8-19)9-11(20)17-13-15-3-2-4-16-13/h2-4,14H,5-10H2,1H3,(H,15,16,17,20). The Bertz CT molecular complexity index is 475. The number of amides is 2. The van der Waals surface area contributed by atoms with Crippen LogP contribution in [0.1, 0.15) is 0 Å². The van der Waals surface area contributed by atoms with Crippen LogP contribution < -0.4 is 10.6 Å². The van der Waals surface area contributed by atoms with Crippen molar-refractivity contribution in [1.29, 1.82) is 0 Å². The van der Waals surface area contributed by atoms with Gasteiger partial charge in [-0.05, 0) is 13.1 Å². The van der Waals surface area contributed by atoms with Gasteiger partial charge < -0.3 is 10.2 Å². The molecular weight excluding hydrogens is 272 g/mol. The summed E-state index contributed by atoms with van der Waals surface area (Å²) in [6.45, 7) is 3.43. The molecular formula is C13H20N6O2. The third-order valence-corrected chi connectivity index (χ3v) is 3.11. The van der Waals surface area contributed by atoms with Gasteiger partial charge in [0.05, 0.1) is 13.1 Å². The van der Waals surface area contributed by atoms with Crippen LogP contribution >= 0.6 is 0 Å². The Balaban J connectivity index is 1.74. The molecule has 0 unspecified atom stereocenters. The van der Waals surface area contributed by atoms with Gasteiger partial charge in [0.15, 0.2) is 0 Å². The van der Waals surface area contributed by atoms with Gasteiger partial charge in [0.2, 0.25) is 17.8 Å². The molecule has 0 bridgehead atoms. The van der Waals surface area contributed by atoms with Gasteiger partial charge in [0.25, 0.3) is 0 Å². The summed E-state index contributed by atoms with van der Waals surface area (Å²) in [5, 5.41) is 5.78. The molecule has 0 atom stereocenters. The van der Waals surface area contributed by atoms with Crippen LogP contribution in [0.4, 0.5) is 5.95 Å². The van der Waals surface area contributed by atoms with E-state index in [-0.39, 0.29) is 30.9 Å². The summed E-state index contributed by atoms with van der Waals surface area (Å²) in [4.78, 5) is 35.2. The van der Waals surface area contributed by atoms with Crippen LogP contribution in [-0.4, -0.2) is 77.9 Å². The average Bonchev–Trinajstić information content (AvgIpc) is 2.48. The molecule has 1 aliphatic rings. The predicted octanol–water partition coefficient (Wildman–Crippen LogP) is -1.22. The number of carbonyl (C=O) groups is 2. The molecule has 1 aromatic heterocycles. The van der Waals surface area contributed by atoms with Gasteiger partial charge in [-0.25, -0.2) is 9.97 Å². The Morgan fingerprint density at radius 3 is 2.62 bits per heavy atom. The van der Waals surface area contributed by atoms with Crippen molar-refractivity contribution < 1.29 is 9.59 Å². The minimum absolute atomic E-state index is 0.0442. The molecule has 0 radical (unpaired) electrons. The second-order valence-corrected chi connectivity index (χ2v) is 4.92. The fraction of sp³-hybridized carbons (Fsp3) is 0.538. The minimum atomic E-state index is -0.239. The van der Waals surface area contributed by atoms with Crippen LogP contribution in [0, 0.1) is 0 Å². The lowest BCUT2D eigenvalue weighted by Gasteiger charge is -2.29. The van der Waals surface area contributed by atoms with Gasteiger partial charge >= 0.3 is 0 Å². The molecule has 1 aromatic rings. The lowest BCUT2D eigenvalue weighted by atomic mass is 10.3. The summed E-state index contributed by atoms with van der Waals surface area (Å²) in [6, 6.07) is 1.67. The molecule has 8 heteroatoms. The maximum Gasteiger partial charge on any atom is 0.240 e. The van der Waals surface area contributed by atoms with Gasteiger partial charge in [0, 0.05) is 38.6 Å². The number of hydrogen-bond donors (Lipinski definition) is 2. The first-order valence-electron chi connectivity index (χ1n) is 6.89. The third-order valence-electron chi connectivity index (χ3n) is 3.11. The molecule has 21 heavy (non-hydrogen) atoms. The van der Waals surface area contributed by atoms with E-state index in [0.29, 0.717) is 0 Å². The highest BCUT2D eigenvalue weighted by molar-refractivity contribution is 5.91. The SMILES string of the molecule is CN(CC(=O)Nc1ncccn1)CC(=O)N1CCNCC1. The third kappa shape index (κ3) is 5.09. The molecule has 0 aliphatic carbocycles. The summed E-state index contributed by atoms with van der Waals surface area (Å²) in [7, 11) is 1.74. The minimum Gasteiger partial charge on any atom is -0.339 e. The molecule has 114 valence electrons. The number of likely N-dealkylation sites (N-methyl/N-ethyl adjacent to an activating group) is 1. The fourth-order valence-electron chi connectivity index (χ4n) is 2.07. The summed E-state index contributed by atoms with van der Waals surface area (Å²) >= 11 is 0. The van der Waals surface area contributed by atoms with Crippen molar-refractivity contribution in [2.24, 2.45) is 0 Å². The second kappa shape index (κ2) is 7.65. The number of rotatable bonds is 5. The van der Waals surface area contributed by atoms with Crippen LogP contribution in [0.25, 0.3) is 0 Å². The number of carbonyl (C=O) groups excluding carboxylic acids is 2. The summed E-state index contributed by atoms with van der Waals surface area (Å²) in [6.07, 6.45) is 3.11. The second-order valence-electron chi connectivity index (χ2n) is 4.92. The first kappa shape index (κ1) is 15.3. The highest BCUT2D eigenvalue weighted by Crippen LogP contribution is 1.97. The quantitative estimate of drug-likeness (QED) is 0.707. The molecule has 2 N–H and O–H groups in total. The topological polar surface area (TPSA) is 90.5 Å². The van der Waals surface area contributed by atoms with E-state index >= 15 is 0 Å². The number of piperazine rings is 1. The zero-order valence-electron chi connectivity index (χ0n) is 12.1. The molecule has 1 saturated heterocycles. The van der Waals surface area contributed by atoms with E-state index in [1.165, 1.54) is 0 Å².